The number of amides is 2. The fourth-order valence-electron chi connectivity index (χ4n) is 2.20. The molecule has 0 spiro atoms. The van der Waals surface area contributed by atoms with E-state index in [2.05, 4.69) is 10.3 Å². The number of aryl methyl sites for hydroxylation is 1. The van der Waals surface area contributed by atoms with E-state index in [1.54, 1.807) is 6.20 Å². The molecular formula is C13H19N3O4S. The van der Waals surface area contributed by atoms with Gasteiger partial charge in [-0.2, -0.15) is 0 Å². The van der Waals surface area contributed by atoms with Gasteiger partial charge in [-0.3, -0.25) is 4.79 Å². The summed E-state index contributed by atoms with van der Waals surface area (Å²) in [5.41, 5.74) is 0. The number of urea groups is 1. The van der Waals surface area contributed by atoms with Crippen molar-refractivity contribution in [3.05, 3.63) is 16.1 Å². The number of carbonyl (C=O) groups excluding carboxylic acids is 1. The molecule has 1 saturated heterocycles. The van der Waals surface area contributed by atoms with Crippen LogP contribution in [0.2, 0.25) is 0 Å². The summed E-state index contributed by atoms with van der Waals surface area (Å²) in [4.78, 5) is 30.1. The Morgan fingerprint density at radius 1 is 1.67 bits per heavy atom. The third-order valence-corrected chi connectivity index (χ3v) is 4.34. The maximum absolute atomic E-state index is 12.3. The number of carbonyl (C=O) groups is 2. The van der Waals surface area contributed by atoms with Crippen molar-refractivity contribution >= 4 is 23.3 Å². The number of carboxylic acid groups (broad SMARTS) is 1. The normalized spacial score (nSPS) is 20.1. The number of hydrogen-bond donors (Lipinski definition) is 2. The minimum atomic E-state index is -0.938. The molecule has 2 atom stereocenters. The predicted molar refractivity (Wildman–Crippen MR) is 77.4 cm³/mol. The van der Waals surface area contributed by atoms with Gasteiger partial charge in [0, 0.05) is 17.6 Å². The summed E-state index contributed by atoms with van der Waals surface area (Å²) in [6.45, 7) is 4.90. The van der Waals surface area contributed by atoms with Gasteiger partial charge in [0.15, 0.2) is 0 Å². The van der Waals surface area contributed by atoms with Gasteiger partial charge in [-0.15, -0.1) is 11.3 Å². The van der Waals surface area contributed by atoms with E-state index in [0.717, 1.165) is 9.88 Å². The maximum Gasteiger partial charge on any atom is 0.318 e. The Balaban J connectivity index is 1.98. The van der Waals surface area contributed by atoms with Crippen molar-refractivity contribution in [3.63, 3.8) is 0 Å². The Bertz CT molecular complexity index is 519. The second-order valence-corrected chi connectivity index (χ2v) is 6.27. The standard InChI is InChI=1S/C13H19N3O4S/c1-8-6-14-12(21-8)9(2)15-13(19)16-3-4-20-7-10(16)5-11(17)18/h6,9-10H,3-5,7H2,1-2H3,(H,15,19)(H,17,18). The smallest absolute Gasteiger partial charge is 0.318 e. The average molecular weight is 313 g/mol. The van der Waals surface area contributed by atoms with Gasteiger partial charge in [-0.25, -0.2) is 9.78 Å². The second kappa shape index (κ2) is 6.86. The van der Waals surface area contributed by atoms with Crippen LogP contribution in [0.15, 0.2) is 6.20 Å². The van der Waals surface area contributed by atoms with Crippen molar-refractivity contribution in [3.8, 4) is 0 Å². The lowest BCUT2D eigenvalue weighted by molar-refractivity contribution is -0.139. The second-order valence-electron chi connectivity index (χ2n) is 5.00. The lowest BCUT2D eigenvalue weighted by Gasteiger charge is -2.35. The SMILES string of the molecule is Cc1cnc(C(C)NC(=O)N2CCOCC2CC(=O)O)s1. The van der Waals surface area contributed by atoms with Crippen LogP contribution < -0.4 is 5.32 Å². The number of thiazole rings is 1. The highest BCUT2D eigenvalue weighted by Crippen LogP contribution is 2.20. The fourth-order valence-corrected chi connectivity index (χ4v) is 2.97. The first-order chi connectivity index (χ1) is 9.97. The Labute approximate surface area is 126 Å². The number of rotatable bonds is 4. The van der Waals surface area contributed by atoms with Crippen LogP contribution in [0, 0.1) is 6.92 Å². The van der Waals surface area contributed by atoms with Gasteiger partial charge >= 0.3 is 12.0 Å². The van der Waals surface area contributed by atoms with Crippen molar-refractivity contribution in [2.75, 3.05) is 19.8 Å². The molecule has 0 bridgehead atoms. The molecule has 8 heteroatoms. The maximum atomic E-state index is 12.3. The van der Waals surface area contributed by atoms with Gasteiger partial charge in [0.2, 0.25) is 0 Å². The minimum absolute atomic E-state index is 0.113. The Kier molecular flexibility index (Phi) is 5.13. The zero-order valence-corrected chi connectivity index (χ0v) is 12.9. The van der Waals surface area contributed by atoms with E-state index < -0.39 is 12.0 Å². The van der Waals surface area contributed by atoms with E-state index in [1.165, 1.54) is 16.2 Å². The molecule has 2 unspecified atom stereocenters. The molecule has 116 valence electrons. The van der Waals surface area contributed by atoms with Crippen molar-refractivity contribution in [2.24, 2.45) is 0 Å². The summed E-state index contributed by atoms with van der Waals surface area (Å²) in [7, 11) is 0. The number of morpholine rings is 1. The van der Waals surface area contributed by atoms with Crippen LogP contribution in [0.4, 0.5) is 4.79 Å². The Morgan fingerprint density at radius 2 is 2.43 bits per heavy atom. The molecule has 0 saturated carbocycles. The number of aromatic nitrogens is 1. The van der Waals surface area contributed by atoms with E-state index in [1.807, 2.05) is 13.8 Å². The summed E-state index contributed by atoms with van der Waals surface area (Å²) in [6, 6.07) is -0.907. The fraction of sp³-hybridized carbons (Fsp3) is 0.615. The number of hydrogen-bond acceptors (Lipinski definition) is 5. The first-order valence-electron chi connectivity index (χ1n) is 6.76. The van der Waals surface area contributed by atoms with Crippen LogP contribution in [0.3, 0.4) is 0 Å². The lowest BCUT2D eigenvalue weighted by Crippen LogP contribution is -2.53. The molecule has 2 heterocycles. The van der Waals surface area contributed by atoms with Crippen LogP contribution >= 0.6 is 11.3 Å². The third kappa shape index (κ3) is 4.15. The topological polar surface area (TPSA) is 91.8 Å². The molecule has 21 heavy (non-hydrogen) atoms. The van der Waals surface area contributed by atoms with Crippen LogP contribution in [-0.2, 0) is 9.53 Å². The molecule has 1 aliphatic rings. The summed E-state index contributed by atoms with van der Waals surface area (Å²) in [5.74, 6) is -0.938. The van der Waals surface area contributed by atoms with Gasteiger partial charge in [-0.1, -0.05) is 0 Å². The van der Waals surface area contributed by atoms with Crippen molar-refractivity contribution in [1.29, 1.82) is 0 Å². The van der Waals surface area contributed by atoms with E-state index in [0.29, 0.717) is 13.2 Å². The van der Waals surface area contributed by atoms with E-state index >= 15 is 0 Å². The van der Waals surface area contributed by atoms with Crippen molar-refractivity contribution in [1.82, 2.24) is 15.2 Å². The lowest BCUT2D eigenvalue weighted by atomic mass is 10.1. The number of aliphatic carboxylic acids is 1. The molecule has 7 nitrogen and oxygen atoms in total. The van der Waals surface area contributed by atoms with Gasteiger partial charge in [0.1, 0.15) is 5.01 Å². The molecular weight excluding hydrogens is 294 g/mol. The van der Waals surface area contributed by atoms with Crippen LogP contribution in [0.1, 0.15) is 29.3 Å². The molecule has 1 aromatic heterocycles. The predicted octanol–water partition coefficient (Wildman–Crippen LogP) is 1.40. The third-order valence-electron chi connectivity index (χ3n) is 3.25. The van der Waals surface area contributed by atoms with Crippen LogP contribution in [0.25, 0.3) is 0 Å². The van der Waals surface area contributed by atoms with Crippen molar-refractivity contribution < 1.29 is 19.4 Å². The van der Waals surface area contributed by atoms with Gasteiger partial charge < -0.3 is 20.1 Å². The van der Waals surface area contributed by atoms with Gasteiger partial charge in [0.05, 0.1) is 31.7 Å². The summed E-state index contributed by atoms with van der Waals surface area (Å²) >= 11 is 1.53. The number of carboxylic acids is 1. The molecule has 2 amide bonds. The quantitative estimate of drug-likeness (QED) is 0.876. The molecule has 0 aliphatic carbocycles. The Morgan fingerprint density at radius 3 is 3.05 bits per heavy atom. The van der Waals surface area contributed by atoms with E-state index in [9.17, 15) is 9.59 Å². The van der Waals surface area contributed by atoms with Crippen molar-refractivity contribution in [2.45, 2.75) is 32.4 Å². The van der Waals surface area contributed by atoms with Gasteiger partial charge in [0.25, 0.3) is 0 Å². The monoisotopic (exact) mass is 313 g/mol. The molecule has 2 N–H and O–H groups in total. The number of nitrogens with zero attached hydrogens (tertiary/aromatic N) is 2. The zero-order valence-electron chi connectivity index (χ0n) is 12.0. The van der Waals surface area contributed by atoms with E-state index in [4.69, 9.17) is 9.84 Å². The first-order valence-corrected chi connectivity index (χ1v) is 7.58. The number of nitrogens with one attached hydrogen (secondary N) is 1. The first kappa shape index (κ1) is 15.7. The largest absolute Gasteiger partial charge is 0.481 e. The molecule has 2 rings (SSSR count). The Hall–Kier alpha value is -1.67. The van der Waals surface area contributed by atoms with Gasteiger partial charge in [-0.05, 0) is 13.8 Å². The molecule has 1 fully saturated rings. The molecule has 1 aliphatic heterocycles. The summed E-state index contributed by atoms with van der Waals surface area (Å²) < 4.78 is 5.26. The minimum Gasteiger partial charge on any atom is -0.481 e. The van der Waals surface area contributed by atoms with E-state index in [-0.39, 0.29) is 25.1 Å². The highest BCUT2D eigenvalue weighted by Gasteiger charge is 2.30. The molecule has 0 aromatic carbocycles. The molecule has 1 aromatic rings. The molecule has 0 radical (unpaired) electrons. The summed E-state index contributed by atoms with van der Waals surface area (Å²) in [5, 5.41) is 12.6. The van der Waals surface area contributed by atoms with Crippen LogP contribution in [-0.4, -0.2) is 52.8 Å². The highest BCUT2D eigenvalue weighted by molar-refractivity contribution is 7.11. The average Bonchev–Trinajstić information content (AvgIpc) is 2.85. The van der Waals surface area contributed by atoms with Crippen LogP contribution in [0.5, 0.6) is 0 Å². The number of ether oxygens (including phenoxy) is 1. The summed E-state index contributed by atoms with van der Waals surface area (Å²) in [6.07, 6.45) is 1.66. The zero-order chi connectivity index (χ0) is 15.4. The highest BCUT2D eigenvalue weighted by atomic mass is 32.1.